The fraction of sp³-hybridized carbons (Fsp3) is 0.467. The van der Waals surface area contributed by atoms with Crippen molar-refractivity contribution in [1.29, 1.82) is 0 Å². The molecule has 2 N–H and O–H groups in total. The van der Waals surface area contributed by atoms with Crippen molar-refractivity contribution in [3.63, 3.8) is 0 Å². The standard InChI is InChI=1S/C15H24N2O2S/c1-6-7-8-9-17(5)20(18,19)15-12(3)11(2)10-14(16)13(15)4/h6,10H,1,7-9,16H2,2-5H3. The molecule has 1 rings (SSSR count). The van der Waals surface area contributed by atoms with Crippen molar-refractivity contribution in [2.75, 3.05) is 19.3 Å². The SMILES string of the molecule is C=CCCCN(C)S(=O)(=O)c1c(C)c(C)cc(N)c1C. The summed E-state index contributed by atoms with van der Waals surface area (Å²) >= 11 is 0. The number of hydrogen-bond acceptors (Lipinski definition) is 3. The highest BCUT2D eigenvalue weighted by Gasteiger charge is 2.26. The summed E-state index contributed by atoms with van der Waals surface area (Å²) in [6.45, 7) is 9.58. The van der Waals surface area contributed by atoms with E-state index >= 15 is 0 Å². The first kappa shape index (κ1) is 16.7. The lowest BCUT2D eigenvalue weighted by Gasteiger charge is -2.21. The molecule has 0 bridgehead atoms. The van der Waals surface area contributed by atoms with E-state index in [1.165, 1.54) is 4.31 Å². The Morgan fingerprint density at radius 3 is 2.45 bits per heavy atom. The minimum absolute atomic E-state index is 0.344. The molecule has 1 aromatic carbocycles. The van der Waals surface area contributed by atoms with Crippen LogP contribution in [0.4, 0.5) is 5.69 Å². The topological polar surface area (TPSA) is 63.4 Å². The van der Waals surface area contributed by atoms with Gasteiger partial charge in [-0.2, -0.15) is 0 Å². The quantitative estimate of drug-likeness (QED) is 0.499. The van der Waals surface area contributed by atoms with Gasteiger partial charge in [0.15, 0.2) is 0 Å². The minimum Gasteiger partial charge on any atom is -0.398 e. The zero-order chi connectivity index (χ0) is 15.5. The molecule has 0 aliphatic carbocycles. The van der Waals surface area contributed by atoms with Crippen molar-refractivity contribution in [2.45, 2.75) is 38.5 Å². The number of aryl methyl sites for hydroxylation is 1. The van der Waals surface area contributed by atoms with E-state index in [-0.39, 0.29) is 0 Å². The highest BCUT2D eigenvalue weighted by Crippen LogP contribution is 2.29. The maximum Gasteiger partial charge on any atom is 0.243 e. The maximum absolute atomic E-state index is 12.7. The summed E-state index contributed by atoms with van der Waals surface area (Å²) in [5, 5.41) is 0. The van der Waals surface area contributed by atoms with Crippen LogP contribution in [0.1, 0.15) is 29.5 Å². The Hall–Kier alpha value is -1.33. The fourth-order valence-electron chi connectivity index (χ4n) is 2.16. The normalized spacial score (nSPS) is 11.8. The molecule has 0 atom stereocenters. The molecular formula is C15H24N2O2S. The van der Waals surface area contributed by atoms with Crippen LogP contribution in [-0.4, -0.2) is 26.3 Å². The summed E-state index contributed by atoms with van der Waals surface area (Å²) in [5.41, 5.74) is 8.73. The van der Waals surface area contributed by atoms with Crippen LogP contribution in [0.3, 0.4) is 0 Å². The van der Waals surface area contributed by atoms with Gasteiger partial charge in [0, 0.05) is 19.3 Å². The van der Waals surface area contributed by atoms with Crippen molar-refractivity contribution in [3.8, 4) is 0 Å². The van der Waals surface area contributed by atoms with Gasteiger partial charge >= 0.3 is 0 Å². The number of hydrogen-bond donors (Lipinski definition) is 1. The van der Waals surface area contributed by atoms with Gasteiger partial charge in [0.1, 0.15) is 0 Å². The van der Waals surface area contributed by atoms with E-state index in [1.54, 1.807) is 20.0 Å². The van der Waals surface area contributed by atoms with Crippen LogP contribution in [-0.2, 0) is 10.0 Å². The highest BCUT2D eigenvalue weighted by molar-refractivity contribution is 7.89. The van der Waals surface area contributed by atoms with Gasteiger partial charge in [0.2, 0.25) is 10.0 Å². The van der Waals surface area contributed by atoms with Crippen molar-refractivity contribution in [2.24, 2.45) is 0 Å². The number of nitrogens with zero attached hydrogens (tertiary/aromatic N) is 1. The Morgan fingerprint density at radius 2 is 1.90 bits per heavy atom. The lowest BCUT2D eigenvalue weighted by Crippen LogP contribution is -2.29. The summed E-state index contributed by atoms with van der Waals surface area (Å²) in [7, 11) is -1.90. The second-order valence-electron chi connectivity index (χ2n) is 5.12. The Labute approximate surface area is 122 Å². The van der Waals surface area contributed by atoms with Crippen LogP contribution >= 0.6 is 0 Å². The molecule has 0 radical (unpaired) electrons. The van der Waals surface area contributed by atoms with Crippen LogP contribution in [0.25, 0.3) is 0 Å². The third-order valence-electron chi connectivity index (χ3n) is 3.63. The second kappa shape index (κ2) is 6.41. The molecule has 0 saturated heterocycles. The van der Waals surface area contributed by atoms with E-state index in [0.29, 0.717) is 22.7 Å². The number of nitrogen functional groups attached to an aromatic ring is 1. The summed E-state index contributed by atoms with van der Waals surface area (Å²) in [6.07, 6.45) is 3.36. The van der Waals surface area contributed by atoms with Gasteiger partial charge in [-0.3, -0.25) is 0 Å². The van der Waals surface area contributed by atoms with E-state index in [2.05, 4.69) is 6.58 Å². The third kappa shape index (κ3) is 3.22. The number of allylic oxidation sites excluding steroid dienone is 1. The zero-order valence-electron chi connectivity index (χ0n) is 12.7. The Balaban J connectivity index is 3.25. The largest absolute Gasteiger partial charge is 0.398 e. The van der Waals surface area contributed by atoms with Crippen LogP contribution in [0, 0.1) is 20.8 Å². The summed E-state index contributed by atoms with van der Waals surface area (Å²) in [5.74, 6) is 0. The summed E-state index contributed by atoms with van der Waals surface area (Å²) in [4.78, 5) is 0.344. The smallest absolute Gasteiger partial charge is 0.243 e. The molecule has 0 aliphatic rings. The maximum atomic E-state index is 12.7. The molecule has 112 valence electrons. The average molecular weight is 296 g/mol. The van der Waals surface area contributed by atoms with Crippen LogP contribution in [0.5, 0.6) is 0 Å². The van der Waals surface area contributed by atoms with Gasteiger partial charge in [-0.1, -0.05) is 6.08 Å². The van der Waals surface area contributed by atoms with Crippen molar-refractivity contribution >= 4 is 15.7 Å². The van der Waals surface area contributed by atoms with E-state index in [1.807, 2.05) is 19.9 Å². The Bertz CT molecular complexity index is 581. The van der Waals surface area contributed by atoms with Gasteiger partial charge in [0.25, 0.3) is 0 Å². The van der Waals surface area contributed by atoms with Crippen molar-refractivity contribution < 1.29 is 8.42 Å². The van der Waals surface area contributed by atoms with E-state index in [9.17, 15) is 8.42 Å². The second-order valence-corrected chi connectivity index (χ2v) is 7.10. The molecule has 5 heteroatoms. The molecule has 0 fully saturated rings. The van der Waals surface area contributed by atoms with E-state index in [4.69, 9.17) is 5.73 Å². The first-order chi connectivity index (χ1) is 9.23. The van der Waals surface area contributed by atoms with E-state index in [0.717, 1.165) is 24.0 Å². The monoisotopic (exact) mass is 296 g/mol. The van der Waals surface area contributed by atoms with Crippen LogP contribution < -0.4 is 5.73 Å². The Morgan fingerprint density at radius 1 is 1.30 bits per heavy atom. The number of sulfonamides is 1. The van der Waals surface area contributed by atoms with Crippen LogP contribution in [0.2, 0.25) is 0 Å². The zero-order valence-corrected chi connectivity index (χ0v) is 13.5. The molecule has 0 aliphatic heterocycles. The van der Waals surface area contributed by atoms with Crippen molar-refractivity contribution in [3.05, 3.63) is 35.4 Å². The molecular weight excluding hydrogens is 272 g/mol. The molecule has 1 aromatic rings. The third-order valence-corrected chi connectivity index (χ3v) is 5.76. The minimum atomic E-state index is -3.51. The summed E-state index contributed by atoms with van der Waals surface area (Å²) in [6, 6.07) is 1.82. The first-order valence-electron chi connectivity index (χ1n) is 6.67. The van der Waals surface area contributed by atoms with Gasteiger partial charge in [-0.15, -0.1) is 6.58 Å². The molecule has 4 nitrogen and oxygen atoms in total. The molecule has 0 unspecified atom stereocenters. The molecule has 0 amide bonds. The molecule has 0 aromatic heterocycles. The number of rotatable bonds is 6. The predicted molar refractivity (Wildman–Crippen MR) is 84.3 cm³/mol. The van der Waals surface area contributed by atoms with Gasteiger partial charge in [0.05, 0.1) is 4.90 Å². The molecule has 0 spiro atoms. The molecule has 0 saturated carbocycles. The number of benzene rings is 1. The van der Waals surface area contributed by atoms with E-state index < -0.39 is 10.0 Å². The van der Waals surface area contributed by atoms with Crippen molar-refractivity contribution in [1.82, 2.24) is 4.31 Å². The van der Waals surface area contributed by atoms with Gasteiger partial charge in [-0.05, 0) is 56.4 Å². The predicted octanol–water partition coefficient (Wildman–Crippen LogP) is 2.78. The Kier molecular flexibility index (Phi) is 5.36. The number of nitrogens with two attached hydrogens (primary N) is 1. The average Bonchev–Trinajstić information content (AvgIpc) is 2.36. The van der Waals surface area contributed by atoms with Gasteiger partial charge < -0.3 is 5.73 Å². The van der Waals surface area contributed by atoms with Crippen LogP contribution in [0.15, 0.2) is 23.6 Å². The number of anilines is 1. The fourth-order valence-corrected chi connectivity index (χ4v) is 3.90. The van der Waals surface area contributed by atoms with Gasteiger partial charge in [-0.25, -0.2) is 12.7 Å². The lowest BCUT2D eigenvalue weighted by atomic mass is 10.1. The summed E-state index contributed by atoms with van der Waals surface area (Å²) < 4.78 is 26.8. The number of unbranched alkanes of at least 4 members (excludes halogenated alkanes) is 1. The first-order valence-corrected chi connectivity index (χ1v) is 8.11. The molecule has 0 heterocycles. The molecule has 20 heavy (non-hydrogen) atoms. The lowest BCUT2D eigenvalue weighted by molar-refractivity contribution is 0.462. The highest BCUT2D eigenvalue weighted by atomic mass is 32.2.